The average molecular weight is 312 g/mol. The molecule has 0 radical (unpaired) electrons. The van der Waals surface area contributed by atoms with E-state index < -0.39 is 44.2 Å². The van der Waals surface area contributed by atoms with Gasteiger partial charge in [0.2, 0.25) is 10.0 Å². The van der Waals surface area contributed by atoms with Gasteiger partial charge in [0.05, 0.1) is 5.92 Å². The van der Waals surface area contributed by atoms with Crippen LogP contribution in [0.2, 0.25) is 0 Å². The zero-order valence-corrected chi connectivity index (χ0v) is 12.0. The molecule has 6 nitrogen and oxygen atoms in total. The summed E-state index contributed by atoms with van der Waals surface area (Å²) >= 11 is 0. The van der Waals surface area contributed by atoms with Gasteiger partial charge in [-0.2, -0.15) is 9.57 Å². The van der Waals surface area contributed by atoms with E-state index in [1.807, 2.05) is 0 Å². The zero-order chi connectivity index (χ0) is 15.8. The number of aliphatic carboxylic acids is 1. The zero-order valence-electron chi connectivity index (χ0n) is 11.2. The predicted molar refractivity (Wildman–Crippen MR) is 70.2 cm³/mol. The molecule has 21 heavy (non-hydrogen) atoms. The fourth-order valence-electron chi connectivity index (χ4n) is 2.53. The van der Waals surface area contributed by atoms with Gasteiger partial charge in [-0.1, -0.05) is 6.07 Å². The second-order valence-electron chi connectivity index (χ2n) is 4.81. The highest BCUT2D eigenvalue weighted by molar-refractivity contribution is 7.89. The molecule has 1 saturated heterocycles. The maximum atomic E-state index is 13.6. The van der Waals surface area contributed by atoms with Crippen molar-refractivity contribution in [3.63, 3.8) is 0 Å². The van der Waals surface area contributed by atoms with E-state index in [2.05, 4.69) is 0 Å². The topological polar surface area (TPSA) is 98.5 Å². The maximum Gasteiger partial charge on any atom is 0.308 e. The van der Waals surface area contributed by atoms with Crippen LogP contribution in [0.25, 0.3) is 0 Å². The van der Waals surface area contributed by atoms with Crippen LogP contribution in [0, 0.1) is 23.1 Å². The number of nitriles is 1. The SMILES string of the molecule is CC1C(C(=O)O)CCN1S(=O)(=O)c1cccc(F)c1C#N. The number of benzene rings is 1. The third-order valence-electron chi connectivity index (χ3n) is 3.69. The second-order valence-corrected chi connectivity index (χ2v) is 6.67. The van der Waals surface area contributed by atoms with E-state index in [1.54, 1.807) is 6.07 Å². The Kier molecular flexibility index (Phi) is 3.98. The van der Waals surface area contributed by atoms with Crippen LogP contribution in [0.5, 0.6) is 0 Å². The van der Waals surface area contributed by atoms with Crippen molar-refractivity contribution in [2.45, 2.75) is 24.3 Å². The van der Waals surface area contributed by atoms with Gasteiger partial charge >= 0.3 is 5.97 Å². The Morgan fingerprint density at radius 3 is 2.71 bits per heavy atom. The number of sulfonamides is 1. The summed E-state index contributed by atoms with van der Waals surface area (Å²) in [6.07, 6.45) is 0.187. The lowest BCUT2D eigenvalue weighted by atomic mass is 10.0. The second kappa shape index (κ2) is 5.42. The molecule has 8 heteroatoms. The molecule has 2 unspecified atom stereocenters. The molecule has 0 aliphatic carbocycles. The Hall–Kier alpha value is -1.98. The molecule has 2 rings (SSSR count). The van der Waals surface area contributed by atoms with Crippen LogP contribution >= 0.6 is 0 Å². The van der Waals surface area contributed by atoms with Gasteiger partial charge in [0.15, 0.2) is 0 Å². The van der Waals surface area contributed by atoms with E-state index in [-0.39, 0.29) is 13.0 Å². The summed E-state index contributed by atoms with van der Waals surface area (Å²) in [5, 5.41) is 18.0. The standard InChI is InChI=1S/C13H13FN2O4S/c1-8-9(13(17)18)5-6-16(8)21(19,20)12-4-2-3-11(14)10(12)7-15/h2-4,8-9H,5-6H2,1H3,(H,17,18). The molecular weight excluding hydrogens is 299 g/mol. The first-order chi connectivity index (χ1) is 9.80. The third kappa shape index (κ3) is 2.50. The van der Waals surface area contributed by atoms with Gasteiger partial charge in [-0.25, -0.2) is 12.8 Å². The summed E-state index contributed by atoms with van der Waals surface area (Å²) in [5.41, 5.74) is -0.552. The molecule has 1 fully saturated rings. The van der Waals surface area contributed by atoms with Crippen molar-refractivity contribution in [3.05, 3.63) is 29.6 Å². The molecule has 0 saturated carbocycles. The van der Waals surface area contributed by atoms with Crippen molar-refractivity contribution in [2.24, 2.45) is 5.92 Å². The van der Waals surface area contributed by atoms with Crippen molar-refractivity contribution in [3.8, 4) is 6.07 Å². The Labute approximate surface area is 121 Å². The molecule has 2 atom stereocenters. The Morgan fingerprint density at radius 1 is 1.52 bits per heavy atom. The summed E-state index contributed by atoms with van der Waals surface area (Å²) in [5.74, 6) is -2.79. The van der Waals surface area contributed by atoms with Gasteiger partial charge in [0, 0.05) is 12.6 Å². The lowest BCUT2D eigenvalue weighted by Gasteiger charge is -2.23. The van der Waals surface area contributed by atoms with Gasteiger partial charge in [-0.05, 0) is 25.5 Å². The first-order valence-electron chi connectivity index (χ1n) is 6.24. The summed E-state index contributed by atoms with van der Waals surface area (Å²) in [7, 11) is -4.11. The minimum Gasteiger partial charge on any atom is -0.481 e. The van der Waals surface area contributed by atoms with Crippen LogP contribution in [0.4, 0.5) is 4.39 Å². The monoisotopic (exact) mass is 312 g/mol. The number of hydrogen-bond acceptors (Lipinski definition) is 4. The minimum atomic E-state index is -4.11. The van der Waals surface area contributed by atoms with E-state index in [1.165, 1.54) is 13.0 Å². The number of carboxylic acids is 1. The molecule has 1 aliphatic heterocycles. The van der Waals surface area contributed by atoms with Gasteiger partial charge in [0.25, 0.3) is 0 Å². The molecule has 1 aliphatic rings. The van der Waals surface area contributed by atoms with Crippen molar-refractivity contribution >= 4 is 16.0 Å². The smallest absolute Gasteiger partial charge is 0.308 e. The van der Waals surface area contributed by atoms with Crippen molar-refractivity contribution in [1.29, 1.82) is 5.26 Å². The fraction of sp³-hybridized carbons (Fsp3) is 0.385. The number of nitrogens with zero attached hydrogens (tertiary/aromatic N) is 2. The molecule has 112 valence electrons. The summed E-state index contributed by atoms with van der Waals surface area (Å²) in [6.45, 7) is 1.52. The third-order valence-corrected chi connectivity index (χ3v) is 5.72. The van der Waals surface area contributed by atoms with E-state index in [0.717, 1.165) is 16.4 Å². The minimum absolute atomic E-state index is 0.0296. The largest absolute Gasteiger partial charge is 0.481 e. The molecule has 0 aromatic heterocycles. The Balaban J connectivity index is 2.48. The Morgan fingerprint density at radius 2 is 2.19 bits per heavy atom. The molecular formula is C13H13FN2O4S. The number of rotatable bonds is 3. The van der Waals surface area contributed by atoms with E-state index in [0.29, 0.717) is 0 Å². The average Bonchev–Trinajstić information content (AvgIpc) is 2.81. The highest BCUT2D eigenvalue weighted by atomic mass is 32.2. The van der Waals surface area contributed by atoms with Crippen LogP contribution in [-0.2, 0) is 14.8 Å². The summed E-state index contributed by atoms with van der Waals surface area (Å²) in [6, 6.07) is 4.16. The lowest BCUT2D eigenvalue weighted by molar-refractivity contribution is -0.142. The lowest BCUT2D eigenvalue weighted by Crippen LogP contribution is -2.38. The summed E-state index contributed by atoms with van der Waals surface area (Å²) < 4.78 is 39.7. The molecule has 0 spiro atoms. The first kappa shape index (κ1) is 15.4. The number of hydrogen-bond donors (Lipinski definition) is 1. The highest BCUT2D eigenvalue weighted by Crippen LogP contribution is 2.31. The van der Waals surface area contributed by atoms with Crippen molar-refractivity contribution in [1.82, 2.24) is 4.31 Å². The van der Waals surface area contributed by atoms with E-state index in [4.69, 9.17) is 10.4 Å². The fourth-order valence-corrected chi connectivity index (χ4v) is 4.37. The molecule has 1 aromatic carbocycles. The van der Waals surface area contributed by atoms with E-state index in [9.17, 15) is 17.6 Å². The van der Waals surface area contributed by atoms with Crippen LogP contribution in [0.15, 0.2) is 23.1 Å². The van der Waals surface area contributed by atoms with Crippen molar-refractivity contribution in [2.75, 3.05) is 6.54 Å². The summed E-state index contributed by atoms with van der Waals surface area (Å²) in [4.78, 5) is 10.6. The van der Waals surface area contributed by atoms with Gasteiger partial charge < -0.3 is 5.11 Å². The first-order valence-corrected chi connectivity index (χ1v) is 7.68. The van der Waals surface area contributed by atoms with Gasteiger partial charge in [-0.15, -0.1) is 0 Å². The molecule has 1 heterocycles. The number of carbonyl (C=O) groups is 1. The number of halogens is 1. The maximum absolute atomic E-state index is 13.6. The quantitative estimate of drug-likeness (QED) is 0.903. The van der Waals surface area contributed by atoms with Gasteiger partial charge in [-0.3, -0.25) is 4.79 Å². The van der Waals surface area contributed by atoms with Crippen LogP contribution in [0.1, 0.15) is 18.9 Å². The van der Waals surface area contributed by atoms with Gasteiger partial charge in [0.1, 0.15) is 22.3 Å². The molecule has 0 amide bonds. The molecule has 0 bridgehead atoms. The predicted octanol–water partition coefficient (Wildman–Crippen LogP) is 1.18. The highest BCUT2D eigenvalue weighted by Gasteiger charge is 2.43. The molecule has 1 aromatic rings. The number of carboxylic acid groups (broad SMARTS) is 1. The van der Waals surface area contributed by atoms with Crippen LogP contribution < -0.4 is 0 Å². The Bertz CT molecular complexity index is 726. The molecule has 1 N–H and O–H groups in total. The van der Waals surface area contributed by atoms with Crippen LogP contribution in [-0.4, -0.2) is 36.4 Å². The normalized spacial score (nSPS) is 22.9. The van der Waals surface area contributed by atoms with E-state index >= 15 is 0 Å². The van der Waals surface area contributed by atoms with Crippen molar-refractivity contribution < 1.29 is 22.7 Å². The van der Waals surface area contributed by atoms with Crippen LogP contribution in [0.3, 0.4) is 0 Å².